The Morgan fingerprint density at radius 3 is 2.52 bits per heavy atom. The van der Waals surface area contributed by atoms with Crippen LogP contribution in [-0.2, 0) is 11.3 Å². The van der Waals surface area contributed by atoms with E-state index in [4.69, 9.17) is 0 Å². The molecule has 1 aromatic heterocycles. The molecule has 1 N–H and O–H groups in total. The Morgan fingerprint density at radius 1 is 1.29 bits per heavy atom. The van der Waals surface area contributed by atoms with E-state index in [-0.39, 0.29) is 11.6 Å². The number of anilines is 1. The van der Waals surface area contributed by atoms with E-state index < -0.39 is 5.97 Å². The molecular formula is C15H17N3O3. The lowest BCUT2D eigenvalue weighted by atomic mass is 10.1. The Labute approximate surface area is 122 Å². The van der Waals surface area contributed by atoms with Crippen LogP contribution in [0.4, 0.5) is 5.69 Å². The van der Waals surface area contributed by atoms with Gasteiger partial charge in [-0.25, -0.2) is 4.79 Å². The molecular weight excluding hydrogens is 270 g/mol. The van der Waals surface area contributed by atoms with Crippen molar-refractivity contribution in [3.8, 4) is 0 Å². The number of esters is 1. The van der Waals surface area contributed by atoms with Gasteiger partial charge in [-0.3, -0.25) is 9.48 Å². The summed E-state index contributed by atoms with van der Waals surface area (Å²) in [5.74, 6) is -0.878. The van der Waals surface area contributed by atoms with Crippen molar-refractivity contribution in [1.82, 2.24) is 9.78 Å². The molecule has 110 valence electrons. The third kappa shape index (κ3) is 3.28. The summed E-state index contributed by atoms with van der Waals surface area (Å²) in [7, 11) is 1.28. The second kappa shape index (κ2) is 6.21. The normalized spacial score (nSPS) is 10.2. The molecule has 0 unspecified atom stereocenters. The number of nitrogens with one attached hydrogen (secondary N) is 1. The standard InChI is InChI=1S/C15H17N3O3/c1-4-18-9-12(13(17-18)15(20)21-3)16-14(19)11-7-5-10(2)6-8-11/h5-9H,4H2,1-3H3,(H,16,19). The minimum Gasteiger partial charge on any atom is -0.464 e. The first-order valence-corrected chi connectivity index (χ1v) is 6.59. The Balaban J connectivity index is 2.26. The molecule has 0 spiro atoms. The van der Waals surface area contributed by atoms with Crippen LogP contribution in [0, 0.1) is 6.92 Å². The molecule has 0 aliphatic carbocycles. The highest BCUT2D eigenvalue weighted by Crippen LogP contribution is 2.16. The molecule has 1 aromatic carbocycles. The number of aryl methyl sites for hydroxylation is 2. The van der Waals surface area contributed by atoms with E-state index in [9.17, 15) is 9.59 Å². The van der Waals surface area contributed by atoms with E-state index in [1.165, 1.54) is 7.11 Å². The number of nitrogens with zero attached hydrogens (tertiary/aromatic N) is 2. The zero-order chi connectivity index (χ0) is 15.4. The number of rotatable bonds is 4. The van der Waals surface area contributed by atoms with Crippen molar-refractivity contribution in [3.05, 3.63) is 47.3 Å². The molecule has 1 amide bonds. The SMILES string of the molecule is CCn1cc(NC(=O)c2ccc(C)cc2)c(C(=O)OC)n1. The monoisotopic (exact) mass is 287 g/mol. The number of ether oxygens (including phenoxy) is 1. The van der Waals surface area contributed by atoms with Crippen molar-refractivity contribution in [3.63, 3.8) is 0 Å². The van der Waals surface area contributed by atoms with Crippen LogP contribution >= 0.6 is 0 Å². The average Bonchev–Trinajstić information content (AvgIpc) is 2.90. The van der Waals surface area contributed by atoms with E-state index in [0.717, 1.165) is 5.56 Å². The molecule has 1 heterocycles. The van der Waals surface area contributed by atoms with Gasteiger partial charge in [-0.1, -0.05) is 17.7 Å². The van der Waals surface area contributed by atoms with Crippen LogP contribution in [0.25, 0.3) is 0 Å². The second-order valence-electron chi connectivity index (χ2n) is 4.56. The van der Waals surface area contributed by atoms with Gasteiger partial charge in [0.1, 0.15) is 0 Å². The van der Waals surface area contributed by atoms with Crippen LogP contribution < -0.4 is 5.32 Å². The summed E-state index contributed by atoms with van der Waals surface area (Å²) in [6, 6.07) is 7.16. The predicted octanol–water partition coefficient (Wildman–Crippen LogP) is 2.25. The van der Waals surface area contributed by atoms with Crippen LogP contribution in [-0.4, -0.2) is 28.8 Å². The zero-order valence-electron chi connectivity index (χ0n) is 12.2. The van der Waals surface area contributed by atoms with Gasteiger partial charge in [0.2, 0.25) is 0 Å². The Bertz CT molecular complexity index is 659. The smallest absolute Gasteiger partial charge is 0.360 e. The molecule has 0 fully saturated rings. The van der Waals surface area contributed by atoms with Crippen LogP contribution in [0.2, 0.25) is 0 Å². The minimum atomic E-state index is -0.582. The summed E-state index contributed by atoms with van der Waals surface area (Å²) in [4.78, 5) is 23.9. The molecule has 0 saturated carbocycles. The number of carbonyl (C=O) groups is 2. The molecule has 0 aliphatic rings. The van der Waals surface area contributed by atoms with Gasteiger partial charge in [0.15, 0.2) is 5.69 Å². The summed E-state index contributed by atoms with van der Waals surface area (Å²) in [5, 5.41) is 6.78. The molecule has 0 aliphatic heterocycles. The largest absolute Gasteiger partial charge is 0.464 e. The molecule has 6 nitrogen and oxygen atoms in total. The van der Waals surface area contributed by atoms with Gasteiger partial charge in [-0.2, -0.15) is 5.10 Å². The van der Waals surface area contributed by atoms with E-state index in [2.05, 4.69) is 15.2 Å². The van der Waals surface area contributed by atoms with Gasteiger partial charge in [0.05, 0.1) is 12.8 Å². The molecule has 2 aromatic rings. The first-order valence-electron chi connectivity index (χ1n) is 6.59. The molecule has 0 bridgehead atoms. The summed E-state index contributed by atoms with van der Waals surface area (Å²) >= 11 is 0. The predicted molar refractivity (Wildman–Crippen MR) is 78.4 cm³/mol. The lowest BCUT2D eigenvalue weighted by Crippen LogP contribution is -2.14. The first-order chi connectivity index (χ1) is 10.0. The Hall–Kier alpha value is -2.63. The lowest BCUT2D eigenvalue weighted by molar-refractivity contribution is 0.0594. The maximum Gasteiger partial charge on any atom is 0.360 e. The van der Waals surface area contributed by atoms with Crippen molar-refractivity contribution in [1.29, 1.82) is 0 Å². The highest BCUT2D eigenvalue weighted by atomic mass is 16.5. The quantitative estimate of drug-likeness (QED) is 0.875. The molecule has 2 rings (SSSR count). The summed E-state index contributed by atoms with van der Waals surface area (Å²) in [6.07, 6.45) is 1.61. The molecule has 0 saturated heterocycles. The third-order valence-corrected chi connectivity index (χ3v) is 3.03. The van der Waals surface area contributed by atoms with Gasteiger partial charge >= 0.3 is 5.97 Å². The topological polar surface area (TPSA) is 73.2 Å². The van der Waals surface area contributed by atoms with E-state index in [1.54, 1.807) is 23.0 Å². The van der Waals surface area contributed by atoms with Crippen molar-refractivity contribution >= 4 is 17.6 Å². The van der Waals surface area contributed by atoms with E-state index in [1.807, 2.05) is 26.0 Å². The van der Waals surface area contributed by atoms with Gasteiger partial charge in [0.25, 0.3) is 5.91 Å². The van der Waals surface area contributed by atoms with Crippen molar-refractivity contribution < 1.29 is 14.3 Å². The lowest BCUT2D eigenvalue weighted by Gasteiger charge is -2.04. The highest BCUT2D eigenvalue weighted by molar-refractivity contribution is 6.07. The summed E-state index contributed by atoms with van der Waals surface area (Å²) in [5.41, 5.74) is 2.02. The fraction of sp³-hybridized carbons (Fsp3) is 0.267. The highest BCUT2D eigenvalue weighted by Gasteiger charge is 2.19. The number of carbonyl (C=O) groups excluding carboxylic acids is 2. The number of aromatic nitrogens is 2. The van der Waals surface area contributed by atoms with E-state index in [0.29, 0.717) is 17.8 Å². The van der Waals surface area contributed by atoms with Gasteiger partial charge in [-0.05, 0) is 26.0 Å². The average molecular weight is 287 g/mol. The summed E-state index contributed by atoms with van der Waals surface area (Å²) < 4.78 is 6.24. The van der Waals surface area contributed by atoms with Crippen LogP contribution in [0.1, 0.15) is 33.3 Å². The molecule has 6 heteroatoms. The fourth-order valence-electron chi connectivity index (χ4n) is 1.82. The minimum absolute atomic E-state index is 0.0970. The van der Waals surface area contributed by atoms with Gasteiger partial charge in [-0.15, -0.1) is 0 Å². The number of hydrogen-bond acceptors (Lipinski definition) is 4. The van der Waals surface area contributed by atoms with Crippen molar-refractivity contribution in [2.45, 2.75) is 20.4 Å². The van der Waals surface area contributed by atoms with Crippen molar-refractivity contribution in [2.75, 3.05) is 12.4 Å². The number of benzene rings is 1. The fourth-order valence-corrected chi connectivity index (χ4v) is 1.82. The van der Waals surface area contributed by atoms with Crippen LogP contribution in [0.15, 0.2) is 30.5 Å². The van der Waals surface area contributed by atoms with Crippen molar-refractivity contribution in [2.24, 2.45) is 0 Å². The maximum absolute atomic E-state index is 12.2. The number of amides is 1. The molecule has 0 radical (unpaired) electrons. The second-order valence-corrected chi connectivity index (χ2v) is 4.56. The van der Waals surface area contributed by atoms with Crippen LogP contribution in [0.3, 0.4) is 0 Å². The molecule has 0 atom stereocenters. The van der Waals surface area contributed by atoms with Gasteiger partial charge in [0, 0.05) is 18.3 Å². The zero-order valence-corrected chi connectivity index (χ0v) is 12.2. The Kier molecular flexibility index (Phi) is 4.37. The maximum atomic E-state index is 12.2. The van der Waals surface area contributed by atoms with Gasteiger partial charge < -0.3 is 10.1 Å². The first kappa shape index (κ1) is 14.8. The number of methoxy groups -OCH3 is 1. The van der Waals surface area contributed by atoms with E-state index >= 15 is 0 Å². The molecule has 21 heavy (non-hydrogen) atoms. The number of hydrogen-bond donors (Lipinski definition) is 1. The van der Waals surface area contributed by atoms with Crippen LogP contribution in [0.5, 0.6) is 0 Å². The summed E-state index contributed by atoms with van der Waals surface area (Å²) in [6.45, 7) is 4.42. The third-order valence-electron chi connectivity index (χ3n) is 3.03. The Morgan fingerprint density at radius 2 is 1.95 bits per heavy atom.